The first kappa shape index (κ1) is 13.2. The topological polar surface area (TPSA) is 66.8 Å². The SMILES string of the molecule is COc1ccc(-c2ccc(C(=O)O)c(O)c2)cc1Cl. The summed E-state index contributed by atoms with van der Waals surface area (Å²) >= 11 is 6.02. The fraction of sp³-hybridized carbons (Fsp3) is 0.0714. The van der Waals surface area contributed by atoms with Gasteiger partial charge in [-0.25, -0.2) is 4.79 Å². The molecule has 0 atom stereocenters. The standard InChI is InChI=1S/C14H11ClO4/c1-19-13-5-3-8(6-11(13)15)9-2-4-10(14(17)18)12(16)7-9/h2-7,16H,1H3,(H,17,18). The van der Waals surface area contributed by atoms with Crippen molar-refractivity contribution in [3.63, 3.8) is 0 Å². The van der Waals surface area contributed by atoms with Crippen LogP contribution < -0.4 is 4.74 Å². The molecule has 0 aliphatic rings. The number of aromatic carboxylic acids is 1. The highest BCUT2D eigenvalue weighted by molar-refractivity contribution is 6.32. The van der Waals surface area contributed by atoms with E-state index in [4.69, 9.17) is 21.4 Å². The molecule has 0 aromatic heterocycles. The number of carbonyl (C=O) groups is 1. The maximum Gasteiger partial charge on any atom is 0.339 e. The number of benzene rings is 2. The number of rotatable bonds is 3. The Morgan fingerprint density at radius 2 is 1.79 bits per heavy atom. The second-order valence-corrected chi connectivity index (χ2v) is 4.29. The van der Waals surface area contributed by atoms with Crippen LogP contribution in [0.5, 0.6) is 11.5 Å². The van der Waals surface area contributed by atoms with Crippen molar-refractivity contribution in [1.82, 2.24) is 0 Å². The number of methoxy groups -OCH3 is 1. The second-order valence-electron chi connectivity index (χ2n) is 3.89. The highest BCUT2D eigenvalue weighted by Crippen LogP contribution is 2.32. The Morgan fingerprint density at radius 1 is 1.16 bits per heavy atom. The zero-order chi connectivity index (χ0) is 14.0. The smallest absolute Gasteiger partial charge is 0.339 e. The molecule has 2 aromatic rings. The first-order chi connectivity index (χ1) is 9.02. The van der Waals surface area contributed by atoms with Gasteiger partial charge in [0.05, 0.1) is 12.1 Å². The Hall–Kier alpha value is -2.20. The molecule has 0 unspecified atom stereocenters. The van der Waals surface area contributed by atoms with Gasteiger partial charge < -0.3 is 14.9 Å². The summed E-state index contributed by atoms with van der Waals surface area (Å²) in [5.74, 6) is -0.898. The van der Waals surface area contributed by atoms with E-state index in [9.17, 15) is 9.90 Å². The summed E-state index contributed by atoms with van der Waals surface area (Å²) in [4.78, 5) is 10.8. The Balaban J connectivity index is 2.45. The lowest BCUT2D eigenvalue weighted by molar-refractivity contribution is 0.0694. The van der Waals surface area contributed by atoms with Gasteiger partial charge in [-0.2, -0.15) is 0 Å². The van der Waals surface area contributed by atoms with Gasteiger partial charge in [-0.05, 0) is 35.4 Å². The summed E-state index contributed by atoms with van der Waals surface area (Å²) in [5, 5.41) is 18.9. The van der Waals surface area contributed by atoms with E-state index in [0.29, 0.717) is 16.3 Å². The van der Waals surface area contributed by atoms with Crippen LogP contribution in [0.1, 0.15) is 10.4 Å². The predicted octanol–water partition coefficient (Wildman–Crippen LogP) is 3.42. The molecule has 0 bridgehead atoms. The van der Waals surface area contributed by atoms with Crippen molar-refractivity contribution in [2.24, 2.45) is 0 Å². The van der Waals surface area contributed by atoms with Crippen molar-refractivity contribution >= 4 is 17.6 Å². The predicted molar refractivity (Wildman–Crippen MR) is 72.1 cm³/mol. The fourth-order valence-electron chi connectivity index (χ4n) is 1.74. The molecular formula is C14H11ClO4. The van der Waals surface area contributed by atoms with Crippen molar-refractivity contribution in [2.75, 3.05) is 7.11 Å². The van der Waals surface area contributed by atoms with Crippen molar-refractivity contribution in [1.29, 1.82) is 0 Å². The highest BCUT2D eigenvalue weighted by Gasteiger charge is 2.11. The van der Waals surface area contributed by atoms with E-state index in [2.05, 4.69) is 0 Å². The van der Waals surface area contributed by atoms with Gasteiger partial charge in [0, 0.05) is 0 Å². The summed E-state index contributed by atoms with van der Waals surface area (Å²) in [6, 6.07) is 9.53. The normalized spacial score (nSPS) is 10.2. The van der Waals surface area contributed by atoms with E-state index >= 15 is 0 Å². The Kier molecular flexibility index (Phi) is 3.62. The van der Waals surface area contributed by atoms with Gasteiger partial charge in [0.25, 0.3) is 0 Å². The van der Waals surface area contributed by atoms with Crippen LogP contribution in [0.15, 0.2) is 36.4 Å². The molecule has 2 rings (SSSR count). The zero-order valence-corrected chi connectivity index (χ0v) is 10.8. The van der Waals surface area contributed by atoms with Crippen LogP contribution in [0, 0.1) is 0 Å². The Labute approximate surface area is 114 Å². The lowest BCUT2D eigenvalue weighted by atomic mass is 10.0. The molecule has 0 saturated heterocycles. The second kappa shape index (κ2) is 5.20. The molecule has 0 heterocycles. The average molecular weight is 279 g/mol. The number of aromatic hydroxyl groups is 1. The molecular weight excluding hydrogens is 268 g/mol. The van der Waals surface area contributed by atoms with Gasteiger partial charge in [-0.3, -0.25) is 0 Å². The summed E-state index contributed by atoms with van der Waals surface area (Å²) in [5.41, 5.74) is 1.30. The first-order valence-corrected chi connectivity index (χ1v) is 5.81. The third-order valence-corrected chi connectivity index (χ3v) is 3.01. The largest absolute Gasteiger partial charge is 0.507 e. The van der Waals surface area contributed by atoms with Crippen LogP contribution in [0.2, 0.25) is 5.02 Å². The van der Waals surface area contributed by atoms with Crippen LogP contribution in [0.4, 0.5) is 0 Å². The van der Waals surface area contributed by atoms with Crippen LogP contribution in [0.3, 0.4) is 0 Å². The van der Waals surface area contributed by atoms with Gasteiger partial charge in [0.2, 0.25) is 0 Å². The van der Waals surface area contributed by atoms with Gasteiger partial charge in [-0.15, -0.1) is 0 Å². The van der Waals surface area contributed by atoms with Crippen LogP contribution in [-0.2, 0) is 0 Å². The first-order valence-electron chi connectivity index (χ1n) is 5.43. The van der Waals surface area contributed by atoms with Gasteiger partial charge in [-0.1, -0.05) is 23.7 Å². The number of halogens is 1. The molecule has 0 saturated carbocycles. The third-order valence-electron chi connectivity index (χ3n) is 2.71. The number of ether oxygens (including phenoxy) is 1. The fourth-order valence-corrected chi connectivity index (χ4v) is 2.00. The molecule has 0 aliphatic carbocycles. The minimum atomic E-state index is -1.17. The molecule has 98 valence electrons. The molecule has 0 radical (unpaired) electrons. The van der Waals surface area contributed by atoms with E-state index in [0.717, 1.165) is 5.56 Å². The van der Waals surface area contributed by atoms with E-state index in [1.54, 1.807) is 24.3 Å². The van der Waals surface area contributed by atoms with E-state index in [-0.39, 0.29) is 11.3 Å². The van der Waals surface area contributed by atoms with Gasteiger partial charge in [0.15, 0.2) is 0 Å². The van der Waals surface area contributed by atoms with E-state index in [1.807, 2.05) is 0 Å². The van der Waals surface area contributed by atoms with Crippen LogP contribution in [-0.4, -0.2) is 23.3 Å². The lowest BCUT2D eigenvalue weighted by Crippen LogP contribution is -1.96. The number of hydrogen-bond acceptors (Lipinski definition) is 3. The van der Waals surface area contributed by atoms with Crippen molar-refractivity contribution < 1.29 is 19.7 Å². The minimum Gasteiger partial charge on any atom is -0.507 e. The van der Waals surface area contributed by atoms with E-state index < -0.39 is 5.97 Å². The van der Waals surface area contributed by atoms with Crippen molar-refractivity contribution in [2.45, 2.75) is 0 Å². The van der Waals surface area contributed by atoms with Crippen molar-refractivity contribution in [3.8, 4) is 22.6 Å². The summed E-state index contributed by atoms with van der Waals surface area (Å²) in [7, 11) is 1.52. The van der Waals surface area contributed by atoms with Crippen molar-refractivity contribution in [3.05, 3.63) is 47.0 Å². The zero-order valence-electron chi connectivity index (χ0n) is 10.1. The van der Waals surface area contributed by atoms with E-state index in [1.165, 1.54) is 19.2 Å². The third kappa shape index (κ3) is 2.63. The molecule has 2 aromatic carbocycles. The summed E-state index contributed by atoms with van der Waals surface area (Å²) in [6.07, 6.45) is 0. The van der Waals surface area contributed by atoms with Gasteiger partial charge in [0.1, 0.15) is 17.1 Å². The maximum absolute atomic E-state index is 10.8. The van der Waals surface area contributed by atoms with Gasteiger partial charge >= 0.3 is 5.97 Å². The Morgan fingerprint density at radius 3 is 2.32 bits per heavy atom. The maximum atomic E-state index is 10.8. The molecule has 0 spiro atoms. The van der Waals surface area contributed by atoms with Crippen LogP contribution >= 0.6 is 11.6 Å². The summed E-state index contributed by atoms with van der Waals surface area (Å²) in [6.45, 7) is 0. The molecule has 0 aliphatic heterocycles. The minimum absolute atomic E-state index is 0.136. The average Bonchev–Trinajstić information content (AvgIpc) is 2.38. The lowest BCUT2D eigenvalue weighted by Gasteiger charge is -2.07. The molecule has 0 amide bonds. The number of carboxylic acids is 1. The highest BCUT2D eigenvalue weighted by atomic mass is 35.5. The molecule has 2 N–H and O–H groups in total. The Bertz CT molecular complexity index is 637. The number of hydrogen-bond donors (Lipinski definition) is 2. The number of phenols is 1. The molecule has 5 heteroatoms. The quantitative estimate of drug-likeness (QED) is 0.903. The molecule has 19 heavy (non-hydrogen) atoms. The monoisotopic (exact) mass is 278 g/mol. The van der Waals surface area contributed by atoms with Crippen LogP contribution in [0.25, 0.3) is 11.1 Å². The molecule has 4 nitrogen and oxygen atoms in total. The molecule has 0 fully saturated rings. The summed E-state index contributed by atoms with van der Waals surface area (Å²) < 4.78 is 5.05. The number of carboxylic acid groups (broad SMARTS) is 1.